The van der Waals surface area contributed by atoms with Crippen molar-refractivity contribution in [2.24, 2.45) is 7.05 Å². The van der Waals surface area contributed by atoms with Crippen molar-refractivity contribution in [2.45, 2.75) is 39.3 Å². The van der Waals surface area contributed by atoms with E-state index in [0.717, 1.165) is 52.3 Å². The first-order chi connectivity index (χ1) is 11.5. The van der Waals surface area contributed by atoms with E-state index in [-0.39, 0.29) is 11.9 Å². The van der Waals surface area contributed by atoms with Crippen LogP contribution in [0.1, 0.15) is 33.8 Å². The van der Waals surface area contributed by atoms with E-state index in [2.05, 4.69) is 10.2 Å². The molecule has 4 rings (SSSR count). The number of fused-ring (bicyclic) bond motifs is 1. The third-order valence-corrected chi connectivity index (χ3v) is 5.89. The minimum atomic E-state index is 0.141. The molecule has 6 nitrogen and oxygen atoms in total. The van der Waals surface area contributed by atoms with Gasteiger partial charge >= 0.3 is 0 Å². The van der Waals surface area contributed by atoms with Crippen LogP contribution in [0.4, 0.5) is 0 Å². The van der Waals surface area contributed by atoms with Crippen molar-refractivity contribution in [3.8, 4) is 0 Å². The van der Waals surface area contributed by atoms with Gasteiger partial charge in [-0.2, -0.15) is 10.2 Å². The maximum Gasteiger partial charge on any atom is 0.264 e. The van der Waals surface area contributed by atoms with Gasteiger partial charge in [0.15, 0.2) is 0 Å². The molecule has 1 amide bonds. The highest BCUT2D eigenvalue weighted by molar-refractivity contribution is 7.20. The number of aryl methyl sites for hydroxylation is 3. The number of carbonyl (C=O) groups excluding carboxylic acids is 1. The van der Waals surface area contributed by atoms with E-state index >= 15 is 0 Å². The van der Waals surface area contributed by atoms with Crippen LogP contribution in [-0.4, -0.2) is 43.0 Å². The summed E-state index contributed by atoms with van der Waals surface area (Å²) in [6.45, 7) is 5.62. The number of likely N-dealkylation sites (tertiary alicyclic amines) is 1. The van der Waals surface area contributed by atoms with Crippen LogP contribution in [0.25, 0.3) is 10.2 Å². The van der Waals surface area contributed by atoms with E-state index < -0.39 is 0 Å². The largest absolute Gasteiger partial charge is 0.333 e. The van der Waals surface area contributed by atoms with Crippen LogP contribution in [0.3, 0.4) is 0 Å². The van der Waals surface area contributed by atoms with Gasteiger partial charge in [-0.05, 0) is 38.3 Å². The summed E-state index contributed by atoms with van der Waals surface area (Å²) in [5.41, 5.74) is 2.13. The highest BCUT2D eigenvalue weighted by Crippen LogP contribution is 2.30. The molecule has 1 atom stereocenters. The topological polar surface area (TPSA) is 56.0 Å². The standard InChI is InChI=1S/C17H21N5OS/c1-11-8-18-21(9-11)10-13-5-4-6-22(13)16(23)15-7-14-12(2)19-20(3)17(14)24-15/h7-9,13H,4-6,10H2,1-3H3. The Balaban J connectivity index is 1.58. The lowest BCUT2D eigenvalue weighted by molar-refractivity contribution is 0.0726. The molecule has 0 bridgehead atoms. The lowest BCUT2D eigenvalue weighted by Crippen LogP contribution is -2.37. The summed E-state index contributed by atoms with van der Waals surface area (Å²) < 4.78 is 3.81. The van der Waals surface area contributed by atoms with Gasteiger partial charge in [-0.25, -0.2) is 0 Å². The third-order valence-electron chi connectivity index (χ3n) is 4.71. The van der Waals surface area contributed by atoms with Gasteiger partial charge in [-0.3, -0.25) is 14.2 Å². The van der Waals surface area contributed by atoms with Crippen molar-refractivity contribution in [1.82, 2.24) is 24.5 Å². The Labute approximate surface area is 144 Å². The molecular weight excluding hydrogens is 322 g/mol. The van der Waals surface area contributed by atoms with E-state index in [1.54, 1.807) is 0 Å². The first-order valence-corrected chi connectivity index (χ1v) is 9.08. The molecule has 0 spiro atoms. The number of hydrogen-bond donors (Lipinski definition) is 0. The number of rotatable bonds is 3. The summed E-state index contributed by atoms with van der Waals surface area (Å²) in [7, 11) is 1.93. The zero-order valence-corrected chi connectivity index (χ0v) is 15.0. The molecule has 7 heteroatoms. The second-order valence-electron chi connectivity index (χ2n) is 6.57. The van der Waals surface area contributed by atoms with E-state index in [1.165, 1.54) is 11.3 Å². The molecule has 1 aliphatic rings. The third kappa shape index (κ3) is 2.53. The van der Waals surface area contributed by atoms with Gasteiger partial charge in [-0.15, -0.1) is 11.3 Å². The van der Waals surface area contributed by atoms with Crippen LogP contribution >= 0.6 is 11.3 Å². The second-order valence-corrected chi connectivity index (χ2v) is 7.60. The van der Waals surface area contributed by atoms with Gasteiger partial charge in [0.2, 0.25) is 0 Å². The Morgan fingerprint density at radius 3 is 2.96 bits per heavy atom. The van der Waals surface area contributed by atoms with Crippen molar-refractivity contribution in [2.75, 3.05) is 6.54 Å². The maximum atomic E-state index is 13.0. The molecule has 24 heavy (non-hydrogen) atoms. The Bertz CT molecular complexity index is 871. The van der Waals surface area contributed by atoms with Crippen molar-refractivity contribution in [3.63, 3.8) is 0 Å². The highest BCUT2D eigenvalue weighted by atomic mass is 32.1. The lowest BCUT2D eigenvalue weighted by Gasteiger charge is -2.24. The van der Waals surface area contributed by atoms with Gasteiger partial charge in [-0.1, -0.05) is 0 Å². The number of nitrogens with zero attached hydrogens (tertiary/aromatic N) is 5. The fourth-order valence-corrected chi connectivity index (χ4v) is 4.61. The zero-order chi connectivity index (χ0) is 16.8. The summed E-state index contributed by atoms with van der Waals surface area (Å²) in [5, 5.41) is 9.86. The average molecular weight is 343 g/mol. The minimum Gasteiger partial charge on any atom is -0.333 e. The maximum absolute atomic E-state index is 13.0. The molecule has 1 saturated heterocycles. The Morgan fingerprint density at radius 2 is 2.25 bits per heavy atom. The fraction of sp³-hybridized carbons (Fsp3) is 0.471. The SMILES string of the molecule is Cc1cnn(CC2CCCN2C(=O)c2cc3c(C)nn(C)c3s2)c1. The number of aromatic nitrogens is 4. The van der Waals surface area contributed by atoms with Gasteiger partial charge in [0.05, 0.1) is 29.4 Å². The minimum absolute atomic E-state index is 0.141. The summed E-state index contributed by atoms with van der Waals surface area (Å²) in [5.74, 6) is 0.141. The second kappa shape index (κ2) is 5.73. The highest BCUT2D eigenvalue weighted by Gasteiger charge is 2.31. The molecule has 3 aromatic heterocycles. The van der Waals surface area contributed by atoms with E-state index in [9.17, 15) is 4.79 Å². The smallest absolute Gasteiger partial charge is 0.264 e. The molecule has 0 radical (unpaired) electrons. The van der Waals surface area contributed by atoms with E-state index in [0.29, 0.717) is 0 Å². The van der Waals surface area contributed by atoms with Crippen molar-refractivity contribution < 1.29 is 4.79 Å². The van der Waals surface area contributed by atoms with Crippen molar-refractivity contribution in [3.05, 3.63) is 34.6 Å². The molecule has 0 saturated carbocycles. The molecule has 1 unspecified atom stereocenters. The average Bonchev–Trinajstić information content (AvgIpc) is 3.28. The lowest BCUT2D eigenvalue weighted by atomic mass is 10.2. The van der Waals surface area contributed by atoms with Crippen LogP contribution in [0, 0.1) is 13.8 Å². The van der Waals surface area contributed by atoms with Gasteiger partial charge < -0.3 is 4.90 Å². The molecule has 1 aliphatic heterocycles. The predicted molar refractivity (Wildman–Crippen MR) is 94.4 cm³/mol. The van der Waals surface area contributed by atoms with Gasteiger partial charge in [0.25, 0.3) is 5.91 Å². The van der Waals surface area contributed by atoms with E-state index in [4.69, 9.17) is 0 Å². The summed E-state index contributed by atoms with van der Waals surface area (Å²) in [6.07, 6.45) is 6.00. The Morgan fingerprint density at radius 1 is 1.42 bits per heavy atom. The molecule has 0 aromatic carbocycles. The molecule has 4 heterocycles. The van der Waals surface area contributed by atoms with E-state index in [1.807, 2.05) is 53.6 Å². The summed E-state index contributed by atoms with van der Waals surface area (Å²) in [6, 6.07) is 2.22. The van der Waals surface area contributed by atoms with Crippen LogP contribution in [0.5, 0.6) is 0 Å². The molecule has 0 N–H and O–H groups in total. The number of hydrogen-bond acceptors (Lipinski definition) is 4. The molecule has 3 aromatic rings. The molecular formula is C17H21N5OS. The van der Waals surface area contributed by atoms with Crippen LogP contribution in [0.2, 0.25) is 0 Å². The first kappa shape index (κ1) is 15.4. The Kier molecular flexibility index (Phi) is 3.68. The van der Waals surface area contributed by atoms with Crippen LogP contribution in [-0.2, 0) is 13.6 Å². The first-order valence-electron chi connectivity index (χ1n) is 8.26. The van der Waals surface area contributed by atoms with Crippen LogP contribution < -0.4 is 0 Å². The van der Waals surface area contributed by atoms with Crippen LogP contribution in [0.15, 0.2) is 18.5 Å². The number of thiophene rings is 1. The molecule has 0 aliphatic carbocycles. The predicted octanol–water partition coefficient (Wildman–Crippen LogP) is 2.75. The summed E-state index contributed by atoms with van der Waals surface area (Å²) >= 11 is 1.54. The summed E-state index contributed by atoms with van der Waals surface area (Å²) in [4.78, 5) is 16.9. The Hall–Kier alpha value is -2.15. The quantitative estimate of drug-likeness (QED) is 0.735. The van der Waals surface area contributed by atoms with Gasteiger partial charge in [0.1, 0.15) is 4.83 Å². The normalized spacial score (nSPS) is 18.0. The van der Waals surface area contributed by atoms with Crippen molar-refractivity contribution in [1.29, 1.82) is 0 Å². The van der Waals surface area contributed by atoms with Crippen molar-refractivity contribution >= 4 is 27.5 Å². The number of amides is 1. The monoisotopic (exact) mass is 343 g/mol. The number of carbonyl (C=O) groups is 1. The fourth-order valence-electron chi connectivity index (χ4n) is 3.53. The van der Waals surface area contributed by atoms with Gasteiger partial charge in [0, 0.05) is 25.2 Å². The zero-order valence-electron chi connectivity index (χ0n) is 14.2. The molecule has 126 valence electrons. The molecule has 1 fully saturated rings.